The fraction of sp³-hybridized carbons (Fsp3) is 0.250. The van der Waals surface area contributed by atoms with E-state index in [4.69, 9.17) is 5.73 Å². The number of nitrogens with one attached hydrogen (secondary N) is 2. The topological polar surface area (TPSA) is 84.2 Å². The summed E-state index contributed by atoms with van der Waals surface area (Å²) in [5, 5.41) is 6.43. The summed E-state index contributed by atoms with van der Waals surface area (Å²) in [7, 11) is 0. The Morgan fingerprint density at radius 3 is 2.65 bits per heavy atom. The Hall–Kier alpha value is -1.86. The largest absolute Gasteiger partial charge is 0.376 e. The van der Waals surface area contributed by atoms with Gasteiger partial charge < -0.3 is 16.4 Å². The molecular formula is C16H16BrN3O2S. The van der Waals surface area contributed by atoms with Crippen molar-refractivity contribution in [2.75, 3.05) is 17.2 Å². The molecule has 2 aromatic rings. The minimum atomic E-state index is -0.472. The number of aryl methyl sites for hydroxylation is 1. The van der Waals surface area contributed by atoms with Crippen LogP contribution >= 0.6 is 27.3 Å². The van der Waals surface area contributed by atoms with Crippen molar-refractivity contribution >= 4 is 49.8 Å². The Bertz CT molecular complexity index is 755. The number of benzene rings is 1. The first-order valence-electron chi connectivity index (χ1n) is 7.28. The zero-order valence-electron chi connectivity index (χ0n) is 12.3. The lowest BCUT2D eigenvalue weighted by atomic mass is 10.1. The smallest absolute Gasteiger partial charge is 0.251 e. The van der Waals surface area contributed by atoms with Crippen LogP contribution < -0.4 is 16.4 Å². The van der Waals surface area contributed by atoms with Crippen molar-refractivity contribution in [2.45, 2.75) is 19.3 Å². The molecule has 1 aromatic carbocycles. The average Bonchev–Trinajstić information content (AvgIpc) is 3.06. The van der Waals surface area contributed by atoms with Crippen LogP contribution in [-0.2, 0) is 17.6 Å². The maximum atomic E-state index is 12.1. The highest BCUT2D eigenvalue weighted by Gasteiger charge is 2.25. The second kappa shape index (κ2) is 6.72. The van der Waals surface area contributed by atoms with Crippen molar-refractivity contribution < 1.29 is 9.59 Å². The normalized spacial score (nSPS) is 12.7. The van der Waals surface area contributed by atoms with Crippen LogP contribution in [-0.4, -0.2) is 18.4 Å². The maximum absolute atomic E-state index is 12.1. The SMILES string of the molecule is NC(=O)c1c(NC(=O)CNc2ccc(Br)cc2)sc2c1CCC2. The standard InChI is InChI=1S/C16H16BrN3O2S/c17-9-4-6-10(7-5-9)19-8-13(21)20-16-14(15(18)22)11-2-1-3-12(11)23-16/h4-7,19H,1-3,8H2,(H2,18,22)(H,20,21). The Balaban J connectivity index is 1.66. The molecule has 0 spiro atoms. The summed E-state index contributed by atoms with van der Waals surface area (Å²) in [5.41, 5.74) is 7.84. The Morgan fingerprint density at radius 2 is 1.96 bits per heavy atom. The van der Waals surface area contributed by atoms with E-state index in [1.54, 1.807) is 0 Å². The molecular weight excluding hydrogens is 378 g/mol. The summed E-state index contributed by atoms with van der Waals surface area (Å²) in [6.07, 6.45) is 2.85. The van der Waals surface area contributed by atoms with Gasteiger partial charge in [0.05, 0.1) is 12.1 Å². The zero-order chi connectivity index (χ0) is 16.4. The molecule has 0 saturated carbocycles. The molecule has 0 saturated heterocycles. The molecule has 3 rings (SSSR count). The number of hydrogen-bond acceptors (Lipinski definition) is 4. The summed E-state index contributed by atoms with van der Waals surface area (Å²) < 4.78 is 0.978. The third-order valence-electron chi connectivity index (χ3n) is 3.72. The van der Waals surface area contributed by atoms with Gasteiger partial charge in [-0.05, 0) is 49.1 Å². The van der Waals surface area contributed by atoms with E-state index in [-0.39, 0.29) is 12.5 Å². The van der Waals surface area contributed by atoms with Crippen molar-refractivity contribution in [3.05, 3.63) is 44.7 Å². The number of carbonyl (C=O) groups is 2. The first-order valence-corrected chi connectivity index (χ1v) is 8.89. The number of primary amides is 1. The number of nitrogens with two attached hydrogens (primary N) is 1. The molecule has 1 heterocycles. The highest BCUT2D eigenvalue weighted by atomic mass is 79.9. The number of anilines is 2. The molecule has 4 N–H and O–H groups in total. The van der Waals surface area contributed by atoms with Crippen molar-refractivity contribution in [1.82, 2.24) is 0 Å². The minimum Gasteiger partial charge on any atom is -0.376 e. The molecule has 0 atom stereocenters. The summed E-state index contributed by atoms with van der Waals surface area (Å²) >= 11 is 4.83. The molecule has 0 bridgehead atoms. The number of carbonyl (C=O) groups excluding carboxylic acids is 2. The number of amides is 2. The molecule has 7 heteroatoms. The average molecular weight is 394 g/mol. The first kappa shape index (κ1) is 16.0. The van der Waals surface area contributed by atoms with E-state index in [0.717, 1.165) is 39.9 Å². The van der Waals surface area contributed by atoms with Gasteiger partial charge in [0.1, 0.15) is 5.00 Å². The van der Waals surface area contributed by atoms with Gasteiger partial charge in [-0.3, -0.25) is 9.59 Å². The second-order valence-corrected chi connectivity index (χ2v) is 7.36. The van der Waals surface area contributed by atoms with Crippen LogP contribution in [0.4, 0.5) is 10.7 Å². The quantitative estimate of drug-likeness (QED) is 0.729. The van der Waals surface area contributed by atoms with Gasteiger partial charge in [-0.1, -0.05) is 15.9 Å². The third-order valence-corrected chi connectivity index (χ3v) is 5.45. The van der Waals surface area contributed by atoms with E-state index in [1.165, 1.54) is 11.3 Å². The highest BCUT2D eigenvalue weighted by Crippen LogP contribution is 2.38. The number of thiophene rings is 1. The third kappa shape index (κ3) is 3.56. The van der Waals surface area contributed by atoms with Crippen LogP contribution in [0.15, 0.2) is 28.7 Å². The fourth-order valence-electron chi connectivity index (χ4n) is 2.67. The zero-order valence-corrected chi connectivity index (χ0v) is 14.7. The predicted octanol–water partition coefficient (Wildman–Crippen LogP) is 3.15. The minimum absolute atomic E-state index is 0.127. The highest BCUT2D eigenvalue weighted by molar-refractivity contribution is 9.10. The van der Waals surface area contributed by atoms with Crippen LogP contribution in [0.3, 0.4) is 0 Å². The van der Waals surface area contributed by atoms with Crippen molar-refractivity contribution in [1.29, 1.82) is 0 Å². The Morgan fingerprint density at radius 1 is 1.22 bits per heavy atom. The van der Waals surface area contributed by atoms with Crippen molar-refractivity contribution in [3.63, 3.8) is 0 Å². The van der Waals surface area contributed by atoms with Gasteiger partial charge in [0, 0.05) is 15.0 Å². The summed E-state index contributed by atoms with van der Waals surface area (Å²) in [5.74, 6) is -0.670. The first-order chi connectivity index (χ1) is 11.0. The Kier molecular flexibility index (Phi) is 4.68. The molecule has 1 aliphatic rings. The Labute approximate surface area is 146 Å². The van der Waals surface area contributed by atoms with E-state index in [0.29, 0.717) is 10.6 Å². The lowest BCUT2D eigenvalue weighted by Gasteiger charge is -2.08. The summed E-state index contributed by atoms with van der Waals surface area (Å²) in [6.45, 7) is 0.127. The summed E-state index contributed by atoms with van der Waals surface area (Å²) in [6, 6.07) is 7.56. The molecule has 1 aromatic heterocycles. The number of rotatable bonds is 5. The van der Waals surface area contributed by atoms with Crippen LogP contribution in [0, 0.1) is 0 Å². The maximum Gasteiger partial charge on any atom is 0.251 e. The van der Waals surface area contributed by atoms with E-state index in [1.807, 2.05) is 24.3 Å². The lowest BCUT2D eigenvalue weighted by molar-refractivity contribution is -0.114. The van der Waals surface area contributed by atoms with E-state index in [9.17, 15) is 9.59 Å². The summed E-state index contributed by atoms with van der Waals surface area (Å²) in [4.78, 5) is 25.0. The second-order valence-electron chi connectivity index (χ2n) is 5.33. The van der Waals surface area contributed by atoms with Gasteiger partial charge in [-0.15, -0.1) is 11.3 Å². The van der Waals surface area contributed by atoms with Crippen LogP contribution in [0.1, 0.15) is 27.2 Å². The van der Waals surface area contributed by atoms with Gasteiger partial charge >= 0.3 is 0 Å². The van der Waals surface area contributed by atoms with Gasteiger partial charge in [-0.2, -0.15) is 0 Å². The molecule has 120 valence electrons. The molecule has 0 aliphatic heterocycles. The van der Waals surface area contributed by atoms with Gasteiger partial charge in [0.15, 0.2) is 0 Å². The molecule has 0 unspecified atom stereocenters. The molecule has 2 amide bonds. The van der Waals surface area contributed by atoms with Gasteiger partial charge in [0.25, 0.3) is 5.91 Å². The lowest BCUT2D eigenvalue weighted by Crippen LogP contribution is -2.23. The van der Waals surface area contributed by atoms with Gasteiger partial charge in [-0.25, -0.2) is 0 Å². The number of hydrogen-bond donors (Lipinski definition) is 3. The monoisotopic (exact) mass is 393 g/mol. The fourth-order valence-corrected chi connectivity index (χ4v) is 4.25. The molecule has 23 heavy (non-hydrogen) atoms. The van der Waals surface area contributed by atoms with Crippen LogP contribution in [0.2, 0.25) is 0 Å². The molecule has 5 nitrogen and oxygen atoms in total. The van der Waals surface area contributed by atoms with Crippen LogP contribution in [0.5, 0.6) is 0 Å². The van der Waals surface area contributed by atoms with Crippen LogP contribution in [0.25, 0.3) is 0 Å². The van der Waals surface area contributed by atoms with E-state index in [2.05, 4.69) is 26.6 Å². The molecule has 0 radical (unpaired) electrons. The number of halogens is 1. The van der Waals surface area contributed by atoms with Crippen molar-refractivity contribution in [2.24, 2.45) is 5.73 Å². The van der Waals surface area contributed by atoms with Gasteiger partial charge in [0.2, 0.25) is 5.91 Å². The number of fused-ring (bicyclic) bond motifs is 1. The van der Waals surface area contributed by atoms with E-state index >= 15 is 0 Å². The molecule has 0 fully saturated rings. The molecule has 1 aliphatic carbocycles. The van der Waals surface area contributed by atoms with Crippen molar-refractivity contribution in [3.8, 4) is 0 Å². The van der Waals surface area contributed by atoms with E-state index < -0.39 is 5.91 Å². The predicted molar refractivity (Wildman–Crippen MR) is 96.1 cm³/mol.